The first kappa shape index (κ1) is 19.9. The third-order valence-corrected chi connectivity index (χ3v) is 5.99. The second-order valence-corrected chi connectivity index (χ2v) is 8.11. The van der Waals surface area contributed by atoms with Gasteiger partial charge in [-0.1, -0.05) is 17.3 Å². The Morgan fingerprint density at radius 3 is 2.87 bits per heavy atom. The van der Waals surface area contributed by atoms with Gasteiger partial charge in [0.15, 0.2) is 5.82 Å². The van der Waals surface area contributed by atoms with Gasteiger partial charge in [-0.05, 0) is 44.4 Å². The summed E-state index contributed by atoms with van der Waals surface area (Å²) in [5, 5.41) is 12.3. The van der Waals surface area contributed by atoms with Gasteiger partial charge >= 0.3 is 6.03 Å². The number of nitrogens with one attached hydrogen (secondary N) is 3. The molecule has 0 spiro atoms. The third kappa shape index (κ3) is 3.62. The summed E-state index contributed by atoms with van der Waals surface area (Å²) in [6, 6.07) is 5.49. The van der Waals surface area contributed by atoms with Crippen molar-refractivity contribution in [2.75, 3.05) is 11.9 Å². The molecule has 4 amide bonds. The molecule has 158 valence electrons. The number of carbonyl (C=O) groups is 3. The summed E-state index contributed by atoms with van der Waals surface area (Å²) < 4.78 is 5.49. The van der Waals surface area contributed by atoms with E-state index in [-0.39, 0.29) is 18.7 Å². The molecule has 1 saturated heterocycles. The Kier molecular flexibility index (Phi) is 4.97. The number of fused-ring (bicyclic) bond motifs is 1. The second kappa shape index (κ2) is 7.47. The fraction of sp³-hybridized carbons (Fsp3) is 0.429. The van der Waals surface area contributed by atoms with Crippen LogP contribution in [0.4, 0.5) is 16.3 Å². The number of nitrogens with zero attached hydrogens (tertiary/aromatic N) is 2. The number of aromatic nitrogens is 1. The van der Waals surface area contributed by atoms with Crippen LogP contribution in [0, 0.1) is 13.8 Å². The molecule has 2 aliphatic heterocycles. The van der Waals surface area contributed by atoms with Crippen LogP contribution < -0.4 is 16.0 Å². The van der Waals surface area contributed by atoms with E-state index in [4.69, 9.17) is 4.52 Å². The van der Waals surface area contributed by atoms with E-state index >= 15 is 0 Å². The molecule has 2 aromatic rings. The van der Waals surface area contributed by atoms with Crippen LogP contribution in [-0.2, 0) is 22.6 Å². The number of hydrogen-bond acceptors (Lipinski definition) is 6. The Morgan fingerprint density at radius 1 is 1.33 bits per heavy atom. The van der Waals surface area contributed by atoms with E-state index in [0.29, 0.717) is 25.3 Å². The van der Waals surface area contributed by atoms with Crippen LogP contribution in [0.3, 0.4) is 0 Å². The van der Waals surface area contributed by atoms with Gasteiger partial charge in [0.1, 0.15) is 11.3 Å². The lowest BCUT2D eigenvalue weighted by Crippen LogP contribution is -2.45. The monoisotopic (exact) mass is 411 g/mol. The fourth-order valence-corrected chi connectivity index (χ4v) is 3.80. The largest absolute Gasteiger partial charge is 0.359 e. The van der Waals surface area contributed by atoms with Crippen LogP contribution in [0.1, 0.15) is 42.2 Å². The highest BCUT2D eigenvalue weighted by atomic mass is 16.5. The second-order valence-electron chi connectivity index (χ2n) is 8.11. The van der Waals surface area contributed by atoms with Crippen LogP contribution in [-0.4, -0.2) is 40.0 Å². The van der Waals surface area contributed by atoms with Crippen LogP contribution in [0.25, 0.3) is 0 Å². The zero-order chi connectivity index (χ0) is 21.5. The molecular weight excluding hydrogens is 386 g/mol. The average Bonchev–Trinajstić information content (AvgIpc) is 3.23. The fourth-order valence-electron chi connectivity index (χ4n) is 3.80. The third-order valence-electron chi connectivity index (χ3n) is 5.99. The standard InChI is InChI=1S/C21H25N5O4/c1-12-5-4-6-15(13(12)2)22-18-14-11-26(10-8-16(14)30-25-18)17(27)7-9-21(3)19(28)23-20(29)24-21/h4-6H,7-11H2,1-3H3,(H,22,25)(H2,23,24,28,29)/t21-/m1/s1. The van der Waals surface area contributed by atoms with Crippen molar-refractivity contribution >= 4 is 29.4 Å². The highest BCUT2D eigenvalue weighted by Crippen LogP contribution is 2.30. The number of anilines is 2. The van der Waals surface area contributed by atoms with Crippen LogP contribution in [0.15, 0.2) is 22.7 Å². The molecule has 1 aromatic heterocycles. The van der Waals surface area contributed by atoms with E-state index < -0.39 is 17.5 Å². The predicted octanol–water partition coefficient (Wildman–Crippen LogP) is 2.30. The lowest BCUT2D eigenvalue weighted by atomic mass is 9.95. The number of urea groups is 1. The molecule has 30 heavy (non-hydrogen) atoms. The summed E-state index contributed by atoms with van der Waals surface area (Å²) in [6.45, 7) is 6.63. The molecule has 0 unspecified atom stereocenters. The summed E-state index contributed by atoms with van der Waals surface area (Å²) in [6.07, 6.45) is 0.978. The van der Waals surface area contributed by atoms with E-state index in [1.165, 1.54) is 5.56 Å². The summed E-state index contributed by atoms with van der Waals surface area (Å²) in [5.74, 6) is 0.918. The van der Waals surface area contributed by atoms with Gasteiger partial charge in [-0.3, -0.25) is 14.9 Å². The SMILES string of the molecule is Cc1cccc(Nc2noc3c2CN(C(=O)CC[C@@]2(C)NC(=O)NC2=O)CC3)c1C. The molecule has 9 heteroatoms. The van der Waals surface area contributed by atoms with Gasteiger partial charge in [0.05, 0.1) is 12.1 Å². The quantitative estimate of drug-likeness (QED) is 0.650. The van der Waals surface area contributed by atoms with Gasteiger partial charge < -0.3 is 20.1 Å². The number of carbonyl (C=O) groups excluding carboxylic acids is 3. The first-order chi connectivity index (χ1) is 14.3. The van der Waals surface area contributed by atoms with E-state index in [0.717, 1.165) is 22.6 Å². The number of hydrogen-bond donors (Lipinski definition) is 3. The summed E-state index contributed by atoms with van der Waals surface area (Å²) in [4.78, 5) is 37.9. The van der Waals surface area contributed by atoms with Gasteiger partial charge in [-0.2, -0.15) is 0 Å². The molecule has 1 aromatic carbocycles. The molecule has 1 fully saturated rings. The van der Waals surface area contributed by atoms with Crippen LogP contribution in [0.5, 0.6) is 0 Å². The maximum atomic E-state index is 12.8. The van der Waals surface area contributed by atoms with Crippen LogP contribution in [0.2, 0.25) is 0 Å². The smallest absolute Gasteiger partial charge is 0.322 e. The van der Waals surface area contributed by atoms with Gasteiger partial charge in [-0.15, -0.1) is 0 Å². The maximum absolute atomic E-state index is 12.8. The van der Waals surface area contributed by atoms with Crippen molar-refractivity contribution in [1.29, 1.82) is 0 Å². The molecule has 1 atom stereocenters. The van der Waals surface area contributed by atoms with E-state index in [1.54, 1.807) is 11.8 Å². The summed E-state index contributed by atoms with van der Waals surface area (Å²) in [5.41, 5.74) is 3.06. The van der Waals surface area contributed by atoms with Crippen molar-refractivity contribution < 1.29 is 18.9 Å². The van der Waals surface area contributed by atoms with Crippen LogP contribution >= 0.6 is 0 Å². The lowest BCUT2D eigenvalue weighted by molar-refractivity contribution is -0.133. The molecule has 4 rings (SSSR count). The van der Waals surface area contributed by atoms with E-state index in [2.05, 4.69) is 21.1 Å². The Hall–Kier alpha value is -3.36. The molecule has 0 radical (unpaired) electrons. The molecule has 0 saturated carbocycles. The van der Waals surface area contributed by atoms with Crippen molar-refractivity contribution in [2.24, 2.45) is 0 Å². The first-order valence-corrected chi connectivity index (χ1v) is 9.99. The van der Waals surface area contributed by atoms with Crippen molar-refractivity contribution in [2.45, 2.75) is 52.1 Å². The van der Waals surface area contributed by atoms with Crippen molar-refractivity contribution in [3.05, 3.63) is 40.6 Å². The van der Waals surface area contributed by atoms with Gasteiger partial charge in [-0.25, -0.2) is 4.79 Å². The molecule has 0 bridgehead atoms. The minimum atomic E-state index is -1.06. The number of rotatable bonds is 5. The highest BCUT2D eigenvalue weighted by molar-refractivity contribution is 6.06. The zero-order valence-corrected chi connectivity index (χ0v) is 17.3. The minimum Gasteiger partial charge on any atom is -0.359 e. The molecule has 3 heterocycles. The van der Waals surface area contributed by atoms with Gasteiger partial charge in [0.25, 0.3) is 5.91 Å². The van der Waals surface area contributed by atoms with Crippen molar-refractivity contribution in [1.82, 2.24) is 20.7 Å². The van der Waals surface area contributed by atoms with E-state index in [1.807, 2.05) is 32.0 Å². The topological polar surface area (TPSA) is 117 Å². The Balaban J connectivity index is 1.44. The highest BCUT2D eigenvalue weighted by Gasteiger charge is 2.42. The molecular formula is C21H25N5O4. The number of amides is 4. The Bertz CT molecular complexity index is 1030. The van der Waals surface area contributed by atoms with Gasteiger partial charge in [0.2, 0.25) is 5.91 Å². The number of aryl methyl sites for hydroxylation is 1. The average molecular weight is 411 g/mol. The summed E-state index contributed by atoms with van der Waals surface area (Å²) in [7, 11) is 0. The Morgan fingerprint density at radius 2 is 2.13 bits per heavy atom. The zero-order valence-electron chi connectivity index (χ0n) is 17.3. The molecule has 0 aliphatic carbocycles. The van der Waals surface area contributed by atoms with Gasteiger partial charge in [0, 0.05) is 25.1 Å². The molecule has 9 nitrogen and oxygen atoms in total. The number of benzene rings is 1. The maximum Gasteiger partial charge on any atom is 0.322 e. The number of imide groups is 1. The minimum absolute atomic E-state index is 0.0743. The molecule has 2 aliphatic rings. The Labute approximate surface area is 174 Å². The first-order valence-electron chi connectivity index (χ1n) is 9.99. The van der Waals surface area contributed by atoms with Crippen molar-refractivity contribution in [3.8, 4) is 0 Å². The predicted molar refractivity (Wildman–Crippen MR) is 109 cm³/mol. The normalized spacial score (nSPS) is 20.6. The van der Waals surface area contributed by atoms with Crippen molar-refractivity contribution in [3.63, 3.8) is 0 Å². The summed E-state index contributed by atoms with van der Waals surface area (Å²) >= 11 is 0. The lowest BCUT2D eigenvalue weighted by Gasteiger charge is -2.28. The molecule has 3 N–H and O–H groups in total. The van der Waals surface area contributed by atoms with E-state index in [9.17, 15) is 14.4 Å².